The van der Waals surface area contributed by atoms with E-state index in [1.165, 1.54) is 12.8 Å². The van der Waals surface area contributed by atoms with Crippen LogP contribution in [0.4, 0.5) is 0 Å². The average molecular weight is 299 g/mol. The third-order valence-corrected chi connectivity index (χ3v) is 4.15. The van der Waals surface area contributed by atoms with Gasteiger partial charge in [0.05, 0.1) is 0 Å². The van der Waals surface area contributed by atoms with Crippen LogP contribution in [-0.2, 0) is 0 Å². The van der Waals surface area contributed by atoms with E-state index in [0.29, 0.717) is 16.1 Å². The fourth-order valence-electron chi connectivity index (χ4n) is 2.81. The van der Waals surface area contributed by atoms with Crippen molar-refractivity contribution >= 4 is 23.2 Å². The summed E-state index contributed by atoms with van der Waals surface area (Å²) in [5.41, 5.74) is 7.45. The lowest BCUT2D eigenvalue weighted by atomic mass is 9.91. The monoisotopic (exact) mass is 298 g/mol. The highest BCUT2D eigenvalue weighted by atomic mass is 35.5. The lowest BCUT2D eigenvalue weighted by Crippen LogP contribution is -2.45. The van der Waals surface area contributed by atoms with Crippen LogP contribution in [-0.4, -0.2) is 24.0 Å². The molecule has 0 bridgehead atoms. The largest absolute Gasteiger partial charge is 0.323 e. The van der Waals surface area contributed by atoms with E-state index in [-0.39, 0.29) is 6.04 Å². The van der Waals surface area contributed by atoms with Gasteiger partial charge in [0.15, 0.2) is 0 Å². The molecule has 104 valence electrons. The van der Waals surface area contributed by atoms with Gasteiger partial charge in [0.2, 0.25) is 0 Å². The van der Waals surface area contributed by atoms with Gasteiger partial charge in [-0.1, -0.05) is 35.7 Å². The molecule has 1 fully saturated rings. The number of hydrogen-bond acceptors (Lipinski definition) is 2. The normalized spacial score (nSPS) is 22.2. The second-order valence-electron chi connectivity index (χ2n) is 5.08. The van der Waals surface area contributed by atoms with Crippen molar-refractivity contribution in [2.45, 2.75) is 31.3 Å². The fraction of sp³-hybridized carbons (Fsp3) is 0.467. The molecule has 1 aromatic carbocycles. The standard InChI is InChI=1S/C15H20Cl2N2/c1-2-6-19-7-4-3-5-14(19)15(18)11-8-12(16)10-13(17)9-11/h2,8-10,14-15H,1,3-7,18H2/t14-,15-/m0/s1. The first-order chi connectivity index (χ1) is 9.11. The van der Waals surface area contributed by atoms with Crippen molar-refractivity contribution in [2.24, 2.45) is 5.73 Å². The fourth-order valence-corrected chi connectivity index (χ4v) is 3.35. The van der Waals surface area contributed by atoms with Crippen molar-refractivity contribution in [1.82, 2.24) is 4.90 Å². The number of likely N-dealkylation sites (tertiary alicyclic amines) is 1. The van der Waals surface area contributed by atoms with E-state index in [4.69, 9.17) is 28.9 Å². The first-order valence-corrected chi connectivity index (χ1v) is 7.44. The van der Waals surface area contributed by atoms with Gasteiger partial charge in [0.1, 0.15) is 0 Å². The molecule has 0 aliphatic carbocycles. The number of rotatable bonds is 4. The van der Waals surface area contributed by atoms with E-state index >= 15 is 0 Å². The second-order valence-corrected chi connectivity index (χ2v) is 5.95. The van der Waals surface area contributed by atoms with Crippen LogP contribution in [0.5, 0.6) is 0 Å². The Morgan fingerprint density at radius 1 is 1.32 bits per heavy atom. The first kappa shape index (κ1) is 14.9. The van der Waals surface area contributed by atoms with Crippen molar-refractivity contribution in [1.29, 1.82) is 0 Å². The van der Waals surface area contributed by atoms with E-state index in [0.717, 1.165) is 25.1 Å². The lowest BCUT2D eigenvalue weighted by molar-refractivity contribution is 0.141. The molecule has 4 heteroatoms. The van der Waals surface area contributed by atoms with Crippen LogP contribution in [0.2, 0.25) is 10.0 Å². The Balaban J connectivity index is 2.20. The van der Waals surface area contributed by atoms with Gasteiger partial charge in [-0.05, 0) is 43.1 Å². The van der Waals surface area contributed by atoms with Gasteiger partial charge >= 0.3 is 0 Å². The Bertz CT molecular complexity index is 428. The average Bonchev–Trinajstić information content (AvgIpc) is 2.38. The zero-order valence-corrected chi connectivity index (χ0v) is 12.5. The topological polar surface area (TPSA) is 29.3 Å². The molecule has 0 unspecified atom stereocenters. The number of piperidine rings is 1. The van der Waals surface area contributed by atoms with E-state index in [1.54, 1.807) is 6.07 Å². The Kier molecular flexibility index (Phi) is 5.28. The minimum Gasteiger partial charge on any atom is -0.323 e. The summed E-state index contributed by atoms with van der Waals surface area (Å²) >= 11 is 12.1. The molecular weight excluding hydrogens is 279 g/mol. The van der Waals surface area contributed by atoms with Crippen molar-refractivity contribution in [3.63, 3.8) is 0 Å². The van der Waals surface area contributed by atoms with Crippen LogP contribution in [0, 0.1) is 0 Å². The Labute approximate surface area is 125 Å². The van der Waals surface area contributed by atoms with Crippen molar-refractivity contribution < 1.29 is 0 Å². The van der Waals surface area contributed by atoms with Gasteiger partial charge < -0.3 is 5.73 Å². The molecule has 1 heterocycles. The molecule has 1 saturated heterocycles. The summed E-state index contributed by atoms with van der Waals surface area (Å²) in [6.07, 6.45) is 5.50. The van der Waals surface area contributed by atoms with Crippen molar-refractivity contribution in [3.05, 3.63) is 46.5 Å². The maximum Gasteiger partial charge on any atom is 0.0454 e. The highest BCUT2D eigenvalue weighted by Crippen LogP contribution is 2.30. The maximum absolute atomic E-state index is 6.43. The third kappa shape index (κ3) is 3.73. The molecule has 1 aliphatic heterocycles. The lowest BCUT2D eigenvalue weighted by Gasteiger charge is -2.38. The number of nitrogens with two attached hydrogens (primary N) is 1. The van der Waals surface area contributed by atoms with Gasteiger partial charge in [0, 0.05) is 28.7 Å². The van der Waals surface area contributed by atoms with Gasteiger partial charge in [-0.3, -0.25) is 4.90 Å². The molecule has 0 spiro atoms. The summed E-state index contributed by atoms with van der Waals surface area (Å²) in [6, 6.07) is 5.84. The summed E-state index contributed by atoms with van der Waals surface area (Å²) in [5.74, 6) is 0. The van der Waals surface area contributed by atoms with E-state index in [2.05, 4.69) is 11.5 Å². The predicted molar refractivity (Wildman–Crippen MR) is 82.8 cm³/mol. The molecule has 2 nitrogen and oxygen atoms in total. The highest BCUT2D eigenvalue weighted by Gasteiger charge is 2.28. The summed E-state index contributed by atoms with van der Waals surface area (Å²) in [4.78, 5) is 2.40. The van der Waals surface area contributed by atoms with Crippen LogP contribution in [0.3, 0.4) is 0 Å². The molecule has 0 saturated carbocycles. The molecule has 19 heavy (non-hydrogen) atoms. The second kappa shape index (κ2) is 6.76. The molecule has 2 atom stereocenters. The Morgan fingerprint density at radius 2 is 2.00 bits per heavy atom. The number of halogens is 2. The highest BCUT2D eigenvalue weighted by molar-refractivity contribution is 6.34. The Morgan fingerprint density at radius 3 is 2.63 bits per heavy atom. The molecule has 1 aliphatic rings. The molecule has 1 aromatic rings. The zero-order valence-electron chi connectivity index (χ0n) is 11.0. The zero-order chi connectivity index (χ0) is 13.8. The number of benzene rings is 1. The van der Waals surface area contributed by atoms with Crippen LogP contribution in [0.1, 0.15) is 30.9 Å². The van der Waals surface area contributed by atoms with Gasteiger partial charge in [-0.15, -0.1) is 6.58 Å². The minimum atomic E-state index is -0.0588. The van der Waals surface area contributed by atoms with Crippen LogP contribution >= 0.6 is 23.2 Å². The van der Waals surface area contributed by atoms with Gasteiger partial charge in [0.25, 0.3) is 0 Å². The molecule has 0 radical (unpaired) electrons. The molecular formula is C15H20Cl2N2. The smallest absolute Gasteiger partial charge is 0.0454 e. The third-order valence-electron chi connectivity index (χ3n) is 3.71. The summed E-state index contributed by atoms with van der Waals surface area (Å²) in [7, 11) is 0. The SMILES string of the molecule is C=CCN1CCCC[C@H]1[C@@H](N)c1cc(Cl)cc(Cl)c1. The first-order valence-electron chi connectivity index (χ1n) is 6.68. The molecule has 2 N–H and O–H groups in total. The minimum absolute atomic E-state index is 0.0588. The quantitative estimate of drug-likeness (QED) is 0.850. The summed E-state index contributed by atoms with van der Waals surface area (Å²) < 4.78 is 0. The summed E-state index contributed by atoms with van der Waals surface area (Å²) in [5, 5.41) is 1.29. The maximum atomic E-state index is 6.43. The van der Waals surface area contributed by atoms with Crippen molar-refractivity contribution in [3.8, 4) is 0 Å². The van der Waals surface area contributed by atoms with Gasteiger partial charge in [-0.2, -0.15) is 0 Å². The van der Waals surface area contributed by atoms with E-state index in [9.17, 15) is 0 Å². The molecule has 0 aromatic heterocycles. The van der Waals surface area contributed by atoms with E-state index < -0.39 is 0 Å². The molecule has 2 rings (SSSR count). The van der Waals surface area contributed by atoms with Crippen LogP contribution < -0.4 is 5.73 Å². The Hall–Kier alpha value is -0.540. The van der Waals surface area contributed by atoms with Gasteiger partial charge in [-0.25, -0.2) is 0 Å². The van der Waals surface area contributed by atoms with Crippen LogP contribution in [0.25, 0.3) is 0 Å². The van der Waals surface area contributed by atoms with E-state index in [1.807, 2.05) is 18.2 Å². The molecule has 0 amide bonds. The number of nitrogens with zero attached hydrogens (tertiary/aromatic N) is 1. The number of hydrogen-bond donors (Lipinski definition) is 1. The van der Waals surface area contributed by atoms with Crippen molar-refractivity contribution in [2.75, 3.05) is 13.1 Å². The predicted octanol–water partition coefficient (Wildman–Crippen LogP) is 4.03. The van der Waals surface area contributed by atoms with Crippen LogP contribution in [0.15, 0.2) is 30.9 Å². The summed E-state index contributed by atoms with van der Waals surface area (Å²) in [6.45, 7) is 5.79.